The fourth-order valence-corrected chi connectivity index (χ4v) is 4.76. The van der Waals surface area contributed by atoms with Crippen LogP contribution in [0, 0.1) is 28.4 Å². The molecule has 2 aromatic carbocycles. The van der Waals surface area contributed by atoms with E-state index in [1.807, 2.05) is 24.3 Å². The number of rotatable bonds is 9. The van der Waals surface area contributed by atoms with Crippen LogP contribution in [0.25, 0.3) is 10.9 Å². The van der Waals surface area contributed by atoms with Crippen LogP contribution < -0.4 is 20.7 Å². The first kappa shape index (κ1) is 26.0. The number of aromatic nitrogens is 1. The molecule has 1 aliphatic heterocycles. The summed E-state index contributed by atoms with van der Waals surface area (Å²) >= 11 is 0. The third-order valence-electron chi connectivity index (χ3n) is 6.96. The van der Waals surface area contributed by atoms with E-state index in [0.717, 1.165) is 22.0 Å². The van der Waals surface area contributed by atoms with Crippen LogP contribution in [0.5, 0.6) is 5.75 Å². The van der Waals surface area contributed by atoms with Gasteiger partial charge in [-0.05, 0) is 68.6 Å². The average Bonchev–Trinajstić information content (AvgIpc) is 2.92. The SMILES string of the molecule is COc1ccc2ncc(C#N)c(CCNC(=O)C3(NCc4ccc(C)c([N+](=O)[O-])c4)CCNCC3)c2c1. The van der Waals surface area contributed by atoms with Crippen LogP contribution in [-0.4, -0.2) is 48.1 Å². The van der Waals surface area contributed by atoms with E-state index in [2.05, 4.69) is 27.0 Å². The number of carbonyl (C=O) groups is 1. The van der Waals surface area contributed by atoms with Gasteiger partial charge in [-0.3, -0.25) is 25.2 Å². The van der Waals surface area contributed by atoms with Crippen LogP contribution >= 0.6 is 0 Å². The zero-order valence-electron chi connectivity index (χ0n) is 21.0. The number of carbonyl (C=O) groups excluding carboxylic acids is 1. The van der Waals surface area contributed by atoms with Gasteiger partial charge in [-0.1, -0.05) is 12.1 Å². The van der Waals surface area contributed by atoms with Gasteiger partial charge < -0.3 is 15.4 Å². The Morgan fingerprint density at radius 1 is 1.27 bits per heavy atom. The average molecular weight is 503 g/mol. The predicted octanol–water partition coefficient (Wildman–Crippen LogP) is 2.90. The summed E-state index contributed by atoms with van der Waals surface area (Å²) in [4.78, 5) is 28.8. The van der Waals surface area contributed by atoms with Crippen molar-refractivity contribution in [3.8, 4) is 11.8 Å². The number of nitro benzene ring substituents is 1. The lowest BCUT2D eigenvalue weighted by Gasteiger charge is -2.37. The summed E-state index contributed by atoms with van der Waals surface area (Å²) in [5, 5.41) is 31.5. The molecule has 10 heteroatoms. The van der Waals surface area contributed by atoms with Gasteiger partial charge in [0.05, 0.1) is 23.1 Å². The molecule has 1 fully saturated rings. The van der Waals surface area contributed by atoms with Gasteiger partial charge in [0.1, 0.15) is 17.4 Å². The number of ether oxygens (including phenoxy) is 1. The molecule has 37 heavy (non-hydrogen) atoms. The van der Waals surface area contributed by atoms with Gasteiger partial charge in [-0.25, -0.2) is 0 Å². The molecule has 0 aliphatic carbocycles. The summed E-state index contributed by atoms with van der Waals surface area (Å²) in [6, 6.07) is 12.9. The van der Waals surface area contributed by atoms with Crippen molar-refractivity contribution >= 4 is 22.5 Å². The molecule has 1 aliphatic rings. The van der Waals surface area contributed by atoms with E-state index in [-0.39, 0.29) is 16.5 Å². The Balaban J connectivity index is 1.49. The van der Waals surface area contributed by atoms with Crippen molar-refractivity contribution in [1.82, 2.24) is 20.9 Å². The minimum absolute atomic E-state index is 0.0672. The summed E-state index contributed by atoms with van der Waals surface area (Å²) in [6.45, 7) is 3.75. The molecular weight excluding hydrogens is 472 g/mol. The van der Waals surface area contributed by atoms with Gasteiger partial charge in [-0.2, -0.15) is 5.26 Å². The summed E-state index contributed by atoms with van der Waals surface area (Å²) < 4.78 is 5.34. The molecule has 192 valence electrons. The van der Waals surface area contributed by atoms with E-state index in [1.54, 1.807) is 32.4 Å². The largest absolute Gasteiger partial charge is 0.497 e. The zero-order chi connectivity index (χ0) is 26.4. The molecule has 0 unspecified atom stereocenters. The smallest absolute Gasteiger partial charge is 0.272 e. The Bertz CT molecular complexity index is 1360. The van der Waals surface area contributed by atoms with Crippen LogP contribution in [0.2, 0.25) is 0 Å². The van der Waals surface area contributed by atoms with E-state index in [0.29, 0.717) is 62.3 Å². The number of nitriles is 1. The molecule has 0 radical (unpaired) electrons. The topological polar surface area (TPSA) is 142 Å². The number of pyridine rings is 1. The van der Waals surface area contributed by atoms with Crippen molar-refractivity contribution in [3.05, 3.63) is 75.0 Å². The number of amides is 1. The number of nitro groups is 1. The number of aryl methyl sites for hydroxylation is 1. The quantitative estimate of drug-likeness (QED) is 0.299. The Labute approximate surface area is 215 Å². The van der Waals surface area contributed by atoms with Crippen LogP contribution in [0.4, 0.5) is 5.69 Å². The highest BCUT2D eigenvalue weighted by Gasteiger charge is 2.39. The van der Waals surface area contributed by atoms with E-state index >= 15 is 0 Å². The Hall–Kier alpha value is -4.07. The molecule has 10 nitrogen and oxygen atoms in total. The molecular formula is C27H30N6O4. The maximum Gasteiger partial charge on any atom is 0.272 e. The number of benzene rings is 2. The number of methoxy groups -OCH3 is 1. The molecule has 3 N–H and O–H groups in total. The van der Waals surface area contributed by atoms with Crippen molar-refractivity contribution in [3.63, 3.8) is 0 Å². The molecule has 3 aromatic rings. The van der Waals surface area contributed by atoms with E-state index in [1.165, 1.54) is 0 Å². The van der Waals surface area contributed by atoms with Gasteiger partial charge in [-0.15, -0.1) is 0 Å². The third kappa shape index (κ3) is 5.69. The predicted molar refractivity (Wildman–Crippen MR) is 139 cm³/mol. The molecule has 2 heterocycles. The molecule has 0 bridgehead atoms. The van der Waals surface area contributed by atoms with Gasteiger partial charge in [0.25, 0.3) is 5.69 Å². The van der Waals surface area contributed by atoms with Crippen molar-refractivity contribution in [2.24, 2.45) is 0 Å². The number of piperidine rings is 1. The lowest BCUT2D eigenvalue weighted by molar-refractivity contribution is -0.385. The summed E-state index contributed by atoms with van der Waals surface area (Å²) in [7, 11) is 1.59. The van der Waals surface area contributed by atoms with Crippen molar-refractivity contribution in [2.45, 2.75) is 38.3 Å². The zero-order valence-corrected chi connectivity index (χ0v) is 21.0. The minimum Gasteiger partial charge on any atom is -0.497 e. The summed E-state index contributed by atoms with van der Waals surface area (Å²) in [5.41, 5.74) is 2.64. The number of nitrogens with zero attached hydrogens (tertiary/aromatic N) is 3. The monoisotopic (exact) mass is 502 g/mol. The number of fused-ring (bicyclic) bond motifs is 1. The second-order valence-corrected chi connectivity index (χ2v) is 9.21. The summed E-state index contributed by atoms with van der Waals surface area (Å²) in [5.74, 6) is 0.550. The molecule has 1 aromatic heterocycles. The van der Waals surface area contributed by atoms with Gasteiger partial charge in [0.2, 0.25) is 5.91 Å². The standard InChI is InChI=1S/C27H30N6O4/c1-18-3-4-19(13-25(18)33(35)36)16-32-27(8-11-29-12-9-27)26(34)30-10-7-22-20(15-28)17-31-24-6-5-21(37-2)14-23(22)24/h3-6,13-14,17,29,32H,7-12,16H2,1-2H3,(H,30,34). The second-order valence-electron chi connectivity index (χ2n) is 9.21. The van der Waals surface area contributed by atoms with Gasteiger partial charge in [0.15, 0.2) is 0 Å². The number of hydrogen-bond acceptors (Lipinski definition) is 8. The normalized spacial score (nSPS) is 14.6. The third-order valence-corrected chi connectivity index (χ3v) is 6.96. The molecule has 0 saturated carbocycles. The first-order valence-electron chi connectivity index (χ1n) is 12.2. The Morgan fingerprint density at radius 2 is 2.05 bits per heavy atom. The maximum absolute atomic E-state index is 13.5. The highest BCUT2D eigenvalue weighted by molar-refractivity contribution is 5.87. The van der Waals surface area contributed by atoms with Crippen LogP contribution in [0.15, 0.2) is 42.6 Å². The molecule has 0 spiro atoms. The second kappa shape index (κ2) is 11.3. The Kier molecular flexibility index (Phi) is 7.96. The minimum atomic E-state index is -0.799. The van der Waals surface area contributed by atoms with E-state index in [4.69, 9.17) is 4.74 Å². The lowest BCUT2D eigenvalue weighted by atomic mass is 9.86. The first-order valence-corrected chi connectivity index (χ1v) is 12.2. The highest BCUT2D eigenvalue weighted by Crippen LogP contribution is 2.26. The first-order chi connectivity index (χ1) is 17.9. The van der Waals surface area contributed by atoms with Crippen LogP contribution in [-0.2, 0) is 17.8 Å². The fourth-order valence-electron chi connectivity index (χ4n) is 4.76. The van der Waals surface area contributed by atoms with Gasteiger partial charge in [0, 0.05) is 36.3 Å². The highest BCUT2D eigenvalue weighted by atomic mass is 16.6. The van der Waals surface area contributed by atoms with E-state index < -0.39 is 5.54 Å². The number of nitrogens with one attached hydrogen (secondary N) is 3. The molecule has 0 atom stereocenters. The van der Waals surface area contributed by atoms with Crippen molar-refractivity contribution < 1.29 is 14.5 Å². The van der Waals surface area contributed by atoms with Gasteiger partial charge >= 0.3 is 0 Å². The fraction of sp³-hybridized carbons (Fsp3) is 0.370. The molecule has 4 rings (SSSR count). The summed E-state index contributed by atoms with van der Waals surface area (Å²) in [6.07, 6.45) is 3.19. The van der Waals surface area contributed by atoms with Crippen LogP contribution in [0.3, 0.4) is 0 Å². The van der Waals surface area contributed by atoms with Crippen molar-refractivity contribution in [2.75, 3.05) is 26.7 Å². The van der Waals surface area contributed by atoms with Crippen molar-refractivity contribution in [1.29, 1.82) is 5.26 Å². The molecule has 1 amide bonds. The van der Waals surface area contributed by atoms with E-state index in [9.17, 15) is 20.2 Å². The number of hydrogen-bond donors (Lipinski definition) is 3. The van der Waals surface area contributed by atoms with Crippen LogP contribution in [0.1, 0.15) is 35.1 Å². The molecule has 1 saturated heterocycles. The Morgan fingerprint density at radius 3 is 2.76 bits per heavy atom. The lowest BCUT2D eigenvalue weighted by Crippen LogP contribution is -2.61. The maximum atomic E-state index is 13.5.